The fraction of sp³-hybridized carbons (Fsp3) is 0.348. The van der Waals surface area contributed by atoms with Crippen molar-refractivity contribution >= 4 is 33.2 Å². The number of thioether (sulfide) groups is 1. The molecule has 0 N–H and O–H groups in total. The number of rotatable bonds is 6. The minimum atomic E-state index is -3.23. The molecule has 0 amide bonds. The molecule has 1 aliphatic rings. The molecule has 2 aromatic carbocycles. The fourth-order valence-corrected chi connectivity index (χ4v) is 5.76. The van der Waals surface area contributed by atoms with Crippen LogP contribution in [0.1, 0.15) is 37.8 Å². The van der Waals surface area contributed by atoms with Gasteiger partial charge in [-0.05, 0) is 61.4 Å². The highest BCUT2D eigenvalue weighted by Gasteiger charge is 2.17. The van der Waals surface area contributed by atoms with E-state index in [1.165, 1.54) is 38.4 Å². The van der Waals surface area contributed by atoms with Gasteiger partial charge in [0.1, 0.15) is 5.82 Å². The van der Waals surface area contributed by atoms with Crippen LogP contribution in [0, 0.1) is 0 Å². The first-order chi connectivity index (χ1) is 14.4. The van der Waals surface area contributed by atoms with Crippen LogP contribution in [0.2, 0.25) is 5.02 Å². The molecule has 30 heavy (non-hydrogen) atoms. The van der Waals surface area contributed by atoms with Crippen LogP contribution in [-0.2, 0) is 15.6 Å². The molecule has 1 heterocycles. The SMILES string of the molecule is CS(=O)(=O)c1ccc(-n2cc(CSC3CCCCC3)nc2-c2ccc(Cl)cc2)cc1. The molecule has 0 aliphatic heterocycles. The zero-order chi connectivity index (χ0) is 21.1. The van der Waals surface area contributed by atoms with Gasteiger partial charge in [-0.25, -0.2) is 13.4 Å². The van der Waals surface area contributed by atoms with E-state index in [1.54, 1.807) is 12.1 Å². The third-order valence-corrected chi connectivity index (χ3v) is 8.21. The normalized spacial score (nSPS) is 15.4. The van der Waals surface area contributed by atoms with Gasteiger partial charge in [0.05, 0.1) is 10.6 Å². The first kappa shape index (κ1) is 21.5. The molecule has 0 bridgehead atoms. The van der Waals surface area contributed by atoms with E-state index in [0.717, 1.165) is 33.8 Å². The van der Waals surface area contributed by atoms with E-state index in [-0.39, 0.29) is 0 Å². The lowest BCUT2D eigenvalue weighted by atomic mass is 10.0. The molecule has 7 heteroatoms. The summed E-state index contributed by atoms with van der Waals surface area (Å²) in [5.41, 5.74) is 2.89. The Morgan fingerprint density at radius 3 is 2.33 bits per heavy atom. The average Bonchev–Trinajstić information content (AvgIpc) is 3.17. The molecule has 0 saturated heterocycles. The monoisotopic (exact) mass is 460 g/mol. The summed E-state index contributed by atoms with van der Waals surface area (Å²) < 4.78 is 25.6. The molecule has 0 atom stereocenters. The molecule has 4 nitrogen and oxygen atoms in total. The molecule has 0 unspecified atom stereocenters. The van der Waals surface area contributed by atoms with Gasteiger partial charge in [0.2, 0.25) is 0 Å². The molecule has 158 valence electrons. The third-order valence-electron chi connectivity index (χ3n) is 5.42. The van der Waals surface area contributed by atoms with Crippen molar-refractivity contribution in [3.63, 3.8) is 0 Å². The molecular formula is C23H25ClN2O2S2. The van der Waals surface area contributed by atoms with Gasteiger partial charge in [-0.1, -0.05) is 30.9 Å². The summed E-state index contributed by atoms with van der Waals surface area (Å²) in [4.78, 5) is 5.24. The van der Waals surface area contributed by atoms with Crippen molar-refractivity contribution in [1.29, 1.82) is 0 Å². The average molecular weight is 461 g/mol. The zero-order valence-corrected chi connectivity index (χ0v) is 19.3. The minimum Gasteiger partial charge on any atom is -0.299 e. The van der Waals surface area contributed by atoms with E-state index in [9.17, 15) is 8.42 Å². The van der Waals surface area contributed by atoms with Crippen molar-refractivity contribution in [3.8, 4) is 17.1 Å². The predicted molar refractivity (Wildman–Crippen MR) is 125 cm³/mol. The Balaban J connectivity index is 1.66. The summed E-state index contributed by atoms with van der Waals surface area (Å²) in [6.07, 6.45) is 9.89. The highest BCUT2D eigenvalue weighted by molar-refractivity contribution is 7.99. The highest BCUT2D eigenvalue weighted by atomic mass is 35.5. The van der Waals surface area contributed by atoms with E-state index in [2.05, 4.69) is 6.20 Å². The maximum atomic E-state index is 11.8. The van der Waals surface area contributed by atoms with Gasteiger partial charge in [-0.2, -0.15) is 11.8 Å². The van der Waals surface area contributed by atoms with Gasteiger partial charge in [0.15, 0.2) is 9.84 Å². The molecule has 1 saturated carbocycles. The van der Waals surface area contributed by atoms with Crippen LogP contribution in [0.5, 0.6) is 0 Å². The van der Waals surface area contributed by atoms with E-state index in [4.69, 9.17) is 16.6 Å². The van der Waals surface area contributed by atoms with Crippen molar-refractivity contribution in [2.75, 3.05) is 6.26 Å². The van der Waals surface area contributed by atoms with Crippen molar-refractivity contribution in [1.82, 2.24) is 9.55 Å². The number of sulfone groups is 1. The molecule has 0 spiro atoms. The Kier molecular flexibility index (Phi) is 6.56. The Morgan fingerprint density at radius 2 is 1.70 bits per heavy atom. The second-order valence-electron chi connectivity index (χ2n) is 7.77. The van der Waals surface area contributed by atoms with Crippen molar-refractivity contribution in [2.24, 2.45) is 0 Å². The molecule has 0 radical (unpaired) electrons. The first-order valence-corrected chi connectivity index (χ1v) is 13.5. The second kappa shape index (κ2) is 9.16. The Morgan fingerprint density at radius 1 is 1.03 bits per heavy atom. The standard InChI is InChI=1S/C23H25ClN2O2S2/c1-30(27,28)22-13-11-20(12-14-22)26-15-19(16-29-21-5-3-2-4-6-21)25-23(26)17-7-9-18(24)10-8-17/h7-15,21H,2-6,16H2,1H3. The van der Waals surface area contributed by atoms with Crippen molar-refractivity contribution in [2.45, 2.75) is 48.0 Å². The molecule has 1 fully saturated rings. The zero-order valence-electron chi connectivity index (χ0n) is 16.9. The quantitative estimate of drug-likeness (QED) is 0.441. The molecular weight excluding hydrogens is 436 g/mol. The summed E-state index contributed by atoms with van der Waals surface area (Å²) >= 11 is 8.06. The molecule has 1 aromatic heterocycles. The number of benzene rings is 2. The third kappa shape index (κ3) is 5.10. The van der Waals surface area contributed by atoms with Crippen LogP contribution < -0.4 is 0 Å². The van der Waals surface area contributed by atoms with Crippen LogP contribution in [0.3, 0.4) is 0 Å². The lowest BCUT2D eigenvalue weighted by Gasteiger charge is -2.20. The molecule has 4 rings (SSSR count). The fourth-order valence-electron chi connectivity index (χ4n) is 3.79. The lowest BCUT2D eigenvalue weighted by molar-refractivity contribution is 0.516. The van der Waals surface area contributed by atoms with Gasteiger partial charge in [-0.15, -0.1) is 0 Å². The van der Waals surface area contributed by atoms with Crippen LogP contribution in [0.4, 0.5) is 0 Å². The van der Waals surface area contributed by atoms with Gasteiger partial charge in [0.25, 0.3) is 0 Å². The predicted octanol–water partition coefficient (Wildman–Crippen LogP) is 6.16. The molecule has 3 aromatic rings. The summed E-state index contributed by atoms with van der Waals surface area (Å²) in [6.45, 7) is 0. The minimum absolute atomic E-state index is 0.312. The Bertz CT molecular complexity index is 1100. The Hall–Kier alpha value is -1.76. The van der Waals surface area contributed by atoms with Crippen LogP contribution in [0.15, 0.2) is 59.6 Å². The van der Waals surface area contributed by atoms with Gasteiger partial charge in [-0.3, -0.25) is 4.57 Å². The maximum absolute atomic E-state index is 11.8. The van der Waals surface area contributed by atoms with Crippen molar-refractivity contribution in [3.05, 3.63) is 65.4 Å². The number of imidazole rings is 1. The number of hydrogen-bond acceptors (Lipinski definition) is 4. The summed E-state index contributed by atoms with van der Waals surface area (Å²) in [6, 6.07) is 14.6. The van der Waals surface area contributed by atoms with Crippen LogP contribution in [-0.4, -0.2) is 29.5 Å². The van der Waals surface area contributed by atoms with Crippen molar-refractivity contribution < 1.29 is 8.42 Å². The highest BCUT2D eigenvalue weighted by Crippen LogP contribution is 2.32. The number of nitrogens with zero attached hydrogens (tertiary/aromatic N) is 2. The van der Waals surface area contributed by atoms with E-state index < -0.39 is 9.84 Å². The lowest BCUT2D eigenvalue weighted by Crippen LogP contribution is -2.08. The van der Waals surface area contributed by atoms with Gasteiger partial charge in [0, 0.05) is 39.7 Å². The maximum Gasteiger partial charge on any atom is 0.175 e. The van der Waals surface area contributed by atoms with E-state index in [1.807, 2.05) is 52.7 Å². The summed E-state index contributed by atoms with van der Waals surface area (Å²) in [5, 5.41) is 1.40. The number of hydrogen-bond donors (Lipinski definition) is 0. The largest absolute Gasteiger partial charge is 0.299 e. The number of aromatic nitrogens is 2. The smallest absolute Gasteiger partial charge is 0.175 e. The van der Waals surface area contributed by atoms with Crippen LogP contribution in [0.25, 0.3) is 17.1 Å². The van der Waals surface area contributed by atoms with Crippen LogP contribution >= 0.6 is 23.4 Å². The number of halogens is 1. The second-order valence-corrected chi connectivity index (χ2v) is 11.5. The summed E-state index contributed by atoms with van der Waals surface area (Å²) in [5.74, 6) is 1.71. The summed E-state index contributed by atoms with van der Waals surface area (Å²) in [7, 11) is -3.23. The van der Waals surface area contributed by atoms with E-state index in [0.29, 0.717) is 9.92 Å². The topological polar surface area (TPSA) is 52.0 Å². The Labute approximate surface area is 187 Å². The first-order valence-electron chi connectivity index (χ1n) is 10.2. The van der Waals surface area contributed by atoms with E-state index >= 15 is 0 Å². The van der Waals surface area contributed by atoms with Gasteiger partial charge < -0.3 is 0 Å². The molecule has 1 aliphatic carbocycles. The van der Waals surface area contributed by atoms with Gasteiger partial charge >= 0.3 is 0 Å².